The summed E-state index contributed by atoms with van der Waals surface area (Å²) in [6.07, 6.45) is 0.773. The molecule has 0 unspecified atom stereocenters. The first-order valence-electron chi connectivity index (χ1n) is 7.59. The van der Waals surface area contributed by atoms with Crippen LogP contribution in [-0.2, 0) is 11.7 Å². The van der Waals surface area contributed by atoms with Crippen molar-refractivity contribution in [2.45, 2.75) is 37.4 Å². The number of nitrogens with one attached hydrogen (secondary N) is 3. The van der Waals surface area contributed by atoms with E-state index in [1.165, 1.54) is 11.3 Å². The molecule has 2 aromatic heterocycles. The zero-order valence-corrected chi connectivity index (χ0v) is 13.8. The summed E-state index contributed by atoms with van der Waals surface area (Å²) in [4.78, 5) is 30.2. The van der Waals surface area contributed by atoms with Gasteiger partial charge in [-0.25, -0.2) is 9.78 Å². The molecule has 0 aliphatic heterocycles. The number of aromatic nitrogens is 2. The molecule has 1 fully saturated rings. The molecule has 25 heavy (non-hydrogen) atoms. The summed E-state index contributed by atoms with van der Waals surface area (Å²) in [6, 6.07) is -0.120. The van der Waals surface area contributed by atoms with E-state index in [2.05, 4.69) is 15.6 Å². The normalized spacial score (nSPS) is 16.6. The van der Waals surface area contributed by atoms with Gasteiger partial charge in [0.05, 0.1) is 11.1 Å². The fraction of sp³-hybridized carbons (Fsp3) is 0.400. The van der Waals surface area contributed by atoms with Gasteiger partial charge in [-0.15, -0.1) is 11.3 Å². The molecule has 2 aromatic rings. The van der Waals surface area contributed by atoms with Crippen LogP contribution in [-0.4, -0.2) is 16.0 Å². The number of rotatable bonds is 3. The molecule has 1 aliphatic carbocycles. The van der Waals surface area contributed by atoms with Crippen molar-refractivity contribution in [3.05, 3.63) is 44.8 Å². The fourth-order valence-corrected chi connectivity index (χ4v) is 3.79. The lowest BCUT2D eigenvalue weighted by molar-refractivity contribution is -0.137. The average molecular weight is 372 g/mol. The summed E-state index contributed by atoms with van der Waals surface area (Å²) in [5.41, 5.74) is -2.96. The van der Waals surface area contributed by atoms with Gasteiger partial charge in [0.1, 0.15) is 10.7 Å². The molecule has 2 heterocycles. The summed E-state index contributed by atoms with van der Waals surface area (Å²) < 4.78 is 38.3. The number of nitrogens with zero attached hydrogens (tertiary/aromatic N) is 1. The van der Waals surface area contributed by atoms with Crippen molar-refractivity contribution in [3.8, 4) is 0 Å². The highest BCUT2D eigenvalue weighted by Gasteiger charge is 2.39. The van der Waals surface area contributed by atoms with Crippen LogP contribution in [0, 0.1) is 0 Å². The second-order valence-corrected chi connectivity index (χ2v) is 6.73. The van der Waals surface area contributed by atoms with Crippen LogP contribution in [0.2, 0.25) is 0 Å². The maximum atomic E-state index is 12.8. The van der Waals surface area contributed by atoms with Gasteiger partial charge in [0.15, 0.2) is 0 Å². The highest BCUT2D eigenvalue weighted by atomic mass is 32.1. The van der Waals surface area contributed by atoms with Crippen LogP contribution < -0.4 is 16.2 Å². The Bertz CT molecular complexity index is 811. The molecular formula is C15H15F3N4O2S. The standard InChI is InChI=1S/C15H15F3N4O2S/c16-15(17,18)9-7-10(11(23)20-8-9)21-13(24)22-14(3-1-2-4-14)12-19-5-6-25-12/h5-8H,1-4H2,(H,20,23)(H2,21,22,24). The number of thiazole rings is 1. The molecule has 1 aliphatic rings. The second-order valence-electron chi connectivity index (χ2n) is 5.83. The largest absolute Gasteiger partial charge is 0.417 e. The number of amides is 2. The zero-order chi connectivity index (χ0) is 18.1. The molecule has 1 saturated carbocycles. The molecule has 6 nitrogen and oxygen atoms in total. The van der Waals surface area contributed by atoms with Crippen LogP contribution >= 0.6 is 11.3 Å². The summed E-state index contributed by atoms with van der Waals surface area (Å²) in [5, 5.41) is 7.56. The minimum Gasteiger partial charge on any atom is -0.327 e. The van der Waals surface area contributed by atoms with E-state index in [1.54, 1.807) is 11.6 Å². The Morgan fingerprint density at radius 3 is 2.64 bits per heavy atom. The van der Waals surface area contributed by atoms with Crippen molar-refractivity contribution >= 4 is 23.1 Å². The molecule has 3 rings (SSSR count). The number of anilines is 1. The van der Waals surface area contributed by atoms with Crippen LogP contribution in [0.1, 0.15) is 36.3 Å². The van der Waals surface area contributed by atoms with Gasteiger partial charge in [-0.3, -0.25) is 4.79 Å². The zero-order valence-electron chi connectivity index (χ0n) is 12.9. The van der Waals surface area contributed by atoms with Crippen molar-refractivity contribution in [2.75, 3.05) is 5.32 Å². The fourth-order valence-electron chi connectivity index (χ4n) is 2.94. The number of halogens is 3. The highest BCUT2D eigenvalue weighted by molar-refractivity contribution is 7.09. The maximum Gasteiger partial charge on any atom is 0.417 e. The predicted molar refractivity (Wildman–Crippen MR) is 86.5 cm³/mol. The van der Waals surface area contributed by atoms with Crippen molar-refractivity contribution in [1.29, 1.82) is 0 Å². The average Bonchev–Trinajstić information content (AvgIpc) is 3.20. The Kier molecular flexibility index (Phi) is 4.55. The summed E-state index contributed by atoms with van der Waals surface area (Å²) in [6.45, 7) is 0. The van der Waals surface area contributed by atoms with Crippen molar-refractivity contribution < 1.29 is 18.0 Å². The Hall–Kier alpha value is -2.36. The molecule has 0 spiro atoms. The van der Waals surface area contributed by atoms with Crippen LogP contribution in [0.5, 0.6) is 0 Å². The number of alkyl halides is 3. The number of aromatic amines is 1. The van der Waals surface area contributed by atoms with Crippen molar-refractivity contribution in [1.82, 2.24) is 15.3 Å². The molecule has 134 valence electrons. The van der Waals surface area contributed by atoms with E-state index in [-0.39, 0.29) is 0 Å². The van der Waals surface area contributed by atoms with E-state index in [1.807, 2.05) is 4.98 Å². The lowest BCUT2D eigenvalue weighted by Gasteiger charge is -2.28. The molecule has 2 amide bonds. The van der Waals surface area contributed by atoms with Gasteiger partial charge in [-0.2, -0.15) is 13.2 Å². The number of hydrogen-bond acceptors (Lipinski definition) is 4. The molecule has 0 saturated heterocycles. The van der Waals surface area contributed by atoms with Crippen molar-refractivity contribution in [2.24, 2.45) is 0 Å². The number of urea groups is 1. The molecule has 10 heteroatoms. The molecular weight excluding hydrogens is 357 g/mol. The van der Waals surface area contributed by atoms with Crippen LogP contribution in [0.3, 0.4) is 0 Å². The SMILES string of the molecule is O=C(Nc1cc(C(F)(F)F)c[nH]c1=O)NC1(c2nccs2)CCCC1. The number of pyridine rings is 1. The third-order valence-corrected chi connectivity index (χ3v) is 5.11. The first kappa shape index (κ1) is 17.5. The van der Waals surface area contributed by atoms with E-state index >= 15 is 0 Å². The van der Waals surface area contributed by atoms with Gasteiger partial charge in [0.25, 0.3) is 5.56 Å². The molecule has 3 N–H and O–H groups in total. The summed E-state index contributed by atoms with van der Waals surface area (Å²) in [5.74, 6) is 0. The van der Waals surface area contributed by atoms with Gasteiger partial charge in [-0.1, -0.05) is 12.8 Å². The van der Waals surface area contributed by atoms with Crippen LogP contribution in [0.25, 0.3) is 0 Å². The van der Waals surface area contributed by atoms with Crippen LogP contribution in [0.15, 0.2) is 28.6 Å². The quantitative estimate of drug-likeness (QED) is 0.771. The number of carbonyl (C=O) groups is 1. The van der Waals surface area contributed by atoms with E-state index in [0.717, 1.165) is 17.8 Å². The smallest absolute Gasteiger partial charge is 0.327 e. The third-order valence-electron chi connectivity index (χ3n) is 4.13. The maximum absolute atomic E-state index is 12.8. The first-order valence-corrected chi connectivity index (χ1v) is 8.47. The van der Waals surface area contributed by atoms with E-state index < -0.39 is 34.6 Å². The summed E-state index contributed by atoms with van der Waals surface area (Å²) in [7, 11) is 0. The third kappa shape index (κ3) is 3.68. The Labute approximate surface area is 144 Å². The van der Waals surface area contributed by atoms with Crippen LogP contribution in [0.4, 0.5) is 23.7 Å². The minimum atomic E-state index is -4.62. The molecule has 0 bridgehead atoms. The molecule has 0 radical (unpaired) electrons. The van der Waals surface area contributed by atoms with E-state index in [9.17, 15) is 22.8 Å². The Morgan fingerprint density at radius 1 is 1.32 bits per heavy atom. The number of carbonyl (C=O) groups excluding carboxylic acids is 1. The monoisotopic (exact) mass is 372 g/mol. The topological polar surface area (TPSA) is 86.9 Å². The highest BCUT2D eigenvalue weighted by Crippen LogP contribution is 2.39. The van der Waals surface area contributed by atoms with Gasteiger partial charge < -0.3 is 15.6 Å². The summed E-state index contributed by atoms with van der Waals surface area (Å²) >= 11 is 1.41. The predicted octanol–water partition coefficient (Wildman–Crippen LogP) is 3.44. The van der Waals surface area contributed by atoms with Gasteiger partial charge in [-0.05, 0) is 18.9 Å². The Balaban J connectivity index is 1.80. The van der Waals surface area contributed by atoms with E-state index in [0.29, 0.717) is 25.1 Å². The van der Waals surface area contributed by atoms with E-state index in [4.69, 9.17) is 0 Å². The Morgan fingerprint density at radius 2 is 2.04 bits per heavy atom. The van der Waals surface area contributed by atoms with Crippen molar-refractivity contribution in [3.63, 3.8) is 0 Å². The first-order chi connectivity index (χ1) is 11.8. The molecule has 0 atom stereocenters. The lowest BCUT2D eigenvalue weighted by atomic mass is 9.99. The molecule has 0 aromatic carbocycles. The van der Waals surface area contributed by atoms with Gasteiger partial charge in [0.2, 0.25) is 0 Å². The minimum absolute atomic E-state index is 0.459. The second kappa shape index (κ2) is 6.51. The lowest BCUT2D eigenvalue weighted by Crippen LogP contribution is -2.46. The van der Waals surface area contributed by atoms with Gasteiger partial charge in [0, 0.05) is 17.8 Å². The number of H-pyrrole nitrogens is 1. The van der Waals surface area contributed by atoms with Gasteiger partial charge >= 0.3 is 12.2 Å². The number of hydrogen-bond donors (Lipinski definition) is 3.